The molecular formula is C14H27BFN2O3P. The van der Waals surface area contributed by atoms with Crippen molar-refractivity contribution in [2.75, 3.05) is 6.61 Å². The summed E-state index contributed by atoms with van der Waals surface area (Å²) in [6.45, 7) is 8.28. The number of rotatable bonds is 8. The van der Waals surface area contributed by atoms with E-state index in [4.69, 9.17) is 20.4 Å². The van der Waals surface area contributed by atoms with Gasteiger partial charge in [0.05, 0.1) is 31.2 Å². The Labute approximate surface area is 136 Å². The van der Waals surface area contributed by atoms with Gasteiger partial charge in [-0.05, 0) is 34.6 Å². The van der Waals surface area contributed by atoms with Gasteiger partial charge in [-0.15, -0.1) is 0 Å². The van der Waals surface area contributed by atoms with Gasteiger partial charge < -0.3 is 13.8 Å². The summed E-state index contributed by atoms with van der Waals surface area (Å²) in [5, 5.41) is 8.70. The van der Waals surface area contributed by atoms with Crippen LogP contribution in [0.4, 0.5) is 4.39 Å². The summed E-state index contributed by atoms with van der Waals surface area (Å²) in [4.78, 5) is 0. The molecule has 22 heavy (non-hydrogen) atoms. The van der Waals surface area contributed by atoms with Crippen molar-refractivity contribution in [1.82, 2.24) is 4.67 Å². The Morgan fingerprint density at radius 2 is 2.09 bits per heavy atom. The van der Waals surface area contributed by atoms with Crippen LogP contribution >= 0.6 is 8.53 Å². The van der Waals surface area contributed by atoms with E-state index in [0.717, 1.165) is 0 Å². The number of ether oxygens (including phenoxy) is 1. The van der Waals surface area contributed by atoms with Crippen molar-refractivity contribution < 1.29 is 19.5 Å². The first-order valence-electron chi connectivity index (χ1n) is 8.37. The van der Waals surface area contributed by atoms with Crippen LogP contribution in [0.3, 0.4) is 0 Å². The van der Waals surface area contributed by atoms with Gasteiger partial charge in [0.2, 0.25) is 0 Å². The van der Waals surface area contributed by atoms with Crippen LogP contribution in [0.15, 0.2) is 0 Å². The molecule has 8 heteroatoms. The van der Waals surface area contributed by atoms with Crippen molar-refractivity contribution in [3.63, 3.8) is 0 Å². The minimum Gasteiger partial charge on any atom is -0.378 e. The molecule has 1 aliphatic rings. The molecule has 0 aromatic heterocycles. The second-order valence-electron chi connectivity index (χ2n) is 5.94. The van der Waals surface area contributed by atoms with Gasteiger partial charge >= 0.3 is 0 Å². The summed E-state index contributed by atoms with van der Waals surface area (Å²) in [7, 11) is 0.126. The van der Waals surface area contributed by atoms with Crippen LogP contribution in [0.2, 0.25) is 0 Å². The first-order valence-corrected chi connectivity index (χ1v) is 8.80. The van der Waals surface area contributed by atoms with Crippen molar-refractivity contribution in [2.45, 2.75) is 77.5 Å². The zero-order chi connectivity index (χ0) is 17.6. The number of hydrogen-bond acceptors (Lipinski definition) is 5. The van der Waals surface area contributed by atoms with Crippen molar-refractivity contribution in [2.24, 2.45) is 0 Å². The molecule has 1 aliphatic heterocycles. The van der Waals surface area contributed by atoms with E-state index in [1.165, 1.54) is 0 Å². The summed E-state index contributed by atoms with van der Waals surface area (Å²) in [5.74, 6) is 0. The molecular weight excluding hydrogens is 305 g/mol. The predicted molar refractivity (Wildman–Crippen MR) is 87.9 cm³/mol. The lowest BCUT2D eigenvalue weighted by molar-refractivity contribution is 0.0433. The van der Waals surface area contributed by atoms with Gasteiger partial charge in [-0.3, -0.25) is 0 Å². The molecule has 0 spiro atoms. The maximum Gasteiger partial charge on any atom is 0.259 e. The fourth-order valence-electron chi connectivity index (χ4n) is 2.42. The van der Waals surface area contributed by atoms with Crippen LogP contribution in [0.5, 0.6) is 0 Å². The Kier molecular flexibility index (Phi) is 7.53. The molecule has 1 rings (SSSR count). The van der Waals surface area contributed by atoms with Gasteiger partial charge in [-0.1, -0.05) is 0 Å². The third-order valence-electron chi connectivity index (χ3n) is 3.39. The number of alkyl halides is 1. The van der Waals surface area contributed by atoms with Crippen LogP contribution in [0.25, 0.3) is 0 Å². The van der Waals surface area contributed by atoms with Gasteiger partial charge in [-0.2, -0.15) is 5.26 Å². The highest BCUT2D eigenvalue weighted by Crippen LogP contribution is 2.49. The molecule has 0 amide bonds. The second-order valence-corrected chi connectivity index (χ2v) is 7.35. The minimum atomic E-state index is -1.52. The minimum absolute atomic E-state index is 0.0554. The van der Waals surface area contributed by atoms with Crippen molar-refractivity contribution in [3.8, 4) is 6.07 Å². The molecule has 1 fully saturated rings. The van der Waals surface area contributed by atoms with E-state index in [0.29, 0.717) is 0 Å². The van der Waals surface area contributed by atoms with Crippen LogP contribution < -0.4 is 0 Å². The summed E-state index contributed by atoms with van der Waals surface area (Å²) in [6.07, 6.45) is -2.43. The van der Waals surface area contributed by atoms with Gasteiger partial charge in [-0.25, -0.2) is 9.06 Å². The molecule has 5 atom stereocenters. The second kappa shape index (κ2) is 9.15. The lowest BCUT2D eigenvalue weighted by Crippen LogP contribution is -2.37. The number of nitrogens with zero attached hydrogens (tertiary/aromatic N) is 2. The molecule has 0 aromatic rings. The van der Waals surface area contributed by atoms with E-state index in [2.05, 4.69) is 0 Å². The van der Waals surface area contributed by atoms with Gasteiger partial charge in [0.25, 0.3) is 8.53 Å². The van der Waals surface area contributed by atoms with E-state index >= 15 is 0 Å². The van der Waals surface area contributed by atoms with E-state index in [-0.39, 0.29) is 32.0 Å². The standard InChI is InChI=1S/C14H27BFN2O3P/c1-9(2)18(10(3)4)22(19-8-6-7-17)21-13-11(5)20-14(15)12(13)16/h9-14H,6,8,15H2,1-5H3/t11-,12+,13?,14-,22?/m1/s1/i5D. The lowest BCUT2D eigenvalue weighted by atomic mass is 9.94. The van der Waals surface area contributed by atoms with Crippen LogP contribution in [-0.2, 0) is 13.8 Å². The van der Waals surface area contributed by atoms with Crippen LogP contribution in [0.1, 0.15) is 42.4 Å². The maximum atomic E-state index is 14.4. The Bertz CT molecular complexity index is 395. The first-order chi connectivity index (χ1) is 10.8. The van der Waals surface area contributed by atoms with E-state index in [1.807, 2.05) is 38.4 Å². The third kappa shape index (κ3) is 5.14. The predicted octanol–water partition coefficient (Wildman–Crippen LogP) is 2.36. The van der Waals surface area contributed by atoms with Crippen molar-refractivity contribution in [1.29, 1.82) is 5.26 Å². The molecule has 2 unspecified atom stereocenters. The van der Waals surface area contributed by atoms with Crippen LogP contribution in [0, 0.1) is 11.3 Å². The summed E-state index contributed by atoms with van der Waals surface area (Å²) >= 11 is 0. The molecule has 0 bridgehead atoms. The fourth-order valence-corrected chi connectivity index (χ4v) is 4.19. The van der Waals surface area contributed by atoms with Gasteiger partial charge in [0.1, 0.15) is 20.1 Å². The first kappa shape index (κ1) is 18.1. The SMILES string of the molecule is [2H]C[C@H]1O[C@@H](B)[C@@H](F)C1OP(OCCC#N)N(C(C)C)C(C)C. The highest BCUT2D eigenvalue weighted by molar-refractivity contribution is 7.44. The molecule has 1 saturated heterocycles. The fraction of sp³-hybridized carbons (Fsp3) is 0.929. The number of hydrogen-bond donors (Lipinski definition) is 0. The lowest BCUT2D eigenvalue weighted by Gasteiger charge is -2.37. The summed E-state index contributed by atoms with van der Waals surface area (Å²) < 4.78 is 41.2. The summed E-state index contributed by atoms with van der Waals surface area (Å²) in [5.41, 5.74) is 0. The topological polar surface area (TPSA) is 54.7 Å². The van der Waals surface area contributed by atoms with Crippen molar-refractivity contribution in [3.05, 3.63) is 0 Å². The number of nitriles is 1. The molecule has 0 saturated carbocycles. The molecule has 1 heterocycles. The quantitative estimate of drug-likeness (QED) is 0.388. The average Bonchev–Trinajstić information content (AvgIpc) is 2.74. The van der Waals surface area contributed by atoms with E-state index in [1.54, 1.807) is 7.85 Å². The Hall–Kier alpha value is -0.245. The number of halogens is 1. The van der Waals surface area contributed by atoms with E-state index < -0.39 is 32.9 Å². The smallest absolute Gasteiger partial charge is 0.259 e. The maximum absolute atomic E-state index is 14.4. The highest BCUT2D eigenvalue weighted by atomic mass is 31.2. The monoisotopic (exact) mass is 333 g/mol. The molecule has 0 N–H and O–H groups in total. The zero-order valence-electron chi connectivity index (χ0n) is 15.0. The average molecular weight is 333 g/mol. The highest BCUT2D eigenvalue weighted by Gasteiger charge is 2.44. The Balaban J connectivity index is 2.88. The van der Waals surface area contributed by atoms with Crippen molar-refractivity contribution >= 4 is 16.4 Å². The zero-order valence-corrected chi connectivity index (χ0v) is 14.9. The molecule has 126 valence electrons. The Morgan fingerprint density at radius 3 is 2.59 bits per heavy atom. The molecule has 0 radical (unpaired) electrons. The summed E-state index contributed by atoms with van der Waals surface area (Å²) in [6, 6.07) is 1.74. The molecule has 0 aromatic carbocycles. The van der Waals surface area contributed by atoms with Gasteiger partial charge in [0.15, 0.2) is 0 Å². The van der Waals surface area contributed by atoms with Crippen LogP contribution in [-0.4, -0.2) is 55.6 Å². The Morgan fingerprint density at radius 1 is 1.45 bits per heavy atom. The van der Waals surface area contributed by atoms with Gasteiger partial charge in [0, 0.05) is 13.5 Å². The third-order valence-corrected chi connectivity index (χ3v) is 5.52. The normalized spacial score (nSPS) is 30.8. The van der Waals surface area contributed by atoms with E-state index in [9.17, 15) is 4.39 Å². The molecule has 0 aliphatic carbocycles. The molecule has 5 nitrogen and oxygen atoms in total. The largest absolute Gasteiger partial charge is 0.378 e.